The third-order valence-electron chi connectivity index (χ3n) is 3.23. The van der Waals surface area contributed by atoms with E-state index in [4.69, 9.17) is 4.42 Å². The van der Waals surface area contributed by atoms with Gasteiger partial charge in [-0.1, -0.05) is 23.1 Å². The van der Waals surface area contributed by atoms with Crippen LogP contribution in [-0.4, -0.2) is 21.4 Å². The summed E-state index contributed by atoms with van der Waals surface area (Å²) in [7, 11) is 0. The van der Waals surface area contributed by atoms with E-state index in [9.17, 15) is 13.6 Å². The van der Waals surface area contributed by atoms with Crippen molar-refractivity contribution in [2.75, 3.05) is 10.6 Å². The van der Waals surface area contributed by atoms with Gasteiger partial charge in [0, 0.05) is 11.8 Å². The number of aromatic nitrogens is 2. The van der Waals surface area contributed by atoms with Crippen LogP contribution in [0.4, 0.5) is 19.6 Å². The van der Waals surface area contributed by atoms with Crippen LogP contribution in [0.25, 0.3) is 0 Å². The number of carbonyl (C=O) groups excluding carboxylic acids is 1. The summed E-state index contributed by atoms with van der Waals surface area (Å²) in [5.74, 6) is -1.55. The molecule has 0 aliphatic carbocycles. The summed E-state index contributed by atoms with van der Waals surface area (Å²) < 4.78 is 31.9. The van der Waals surface area contributed by atoms with Crippen LogP contribution in [0.5, 0.6) is 0 Å². The van der Waals surface area contributed by atoms with Crippen LogP contribution in [-0.2, 0) is 11.3 Å². The summed E-state index contributed by atoms with van der Waals surface area (Å²) in [6, 6.07) is 6.84. The third kappa shape index (κ3) is 4.79. The highest BCUT2D eigenvalue weighted by molar-refractivity contribution is 8.02. The number of halogens is 2. The van der Waals surface area contributed by atoms with Gasteiger partial charge in [0.1, 0.15) is 5.76 Å². The Morgan fingerprint density at radius 2 is 2.15 bits per heavy atom. The Bertz CT molecular complexity index is 886. The Kier molecular flexibility index (Phi) is 5.84. The van der Waals surface area contributed by atoms with Crippen LogP contribution in [0.15, 0.2) is 45.4 Å². The van der Waals surface area contributed by atoms with Crippen LogP contribution in [0, 0.1) is 11.6 Å². The van der Waals surface area contributed by atoms with Gasteiger partial charge in [-0.15, -0.1) is 10.2 Å². The van der Waals surface area contributed by atoms with Gasteiger partial charge in [0.15, 0.2) is 16.0 Å². The van der Waals surface area contributed by atoms with E-state index < -0.39 is 16.9 Å². The number of hydrogen-bond donors (Lipinski definition) is 2. The number of carbonyl (C=O) groups is 1. The predicted octanol–water partition coefficient (Wildman–Crippen LogP) is 4.14. The molecule has 1 atom stereocenters. The predicted molar refractivity (Wildman–Crippen MR) is 96.3 cm³/mol. The molecule has 0 spiro atoms. The molecule has 0 saturated heterocycles. The van der Waals surface area contributed by atoms with Crippen LogP contribution < -0.4 is 10.6 Å². The normalized spacial score (nSPS) is 12.0. The quantitative estimate of drug-likeness (QED) is 0.584. The number of nitrogens with zero attached hydrogens (tertiary/aromatic N) is 2. The SMILES string of the molecule is C[C@H](Sc1nnc(NCc2ccco2)s1)C(=O)Nc1ccc(F)c(F)c1. The van der Waals surface area contributed by atoms with Crippen molar-refractivity contribution in [2.45, 2.75) is 23.1 Å². The molecule has 6 nitrogen and oxygen atoms in total. The number of rotatable bonds is 7. The molecule has 0 aliphatic heterocycles. The van der Waals surface area contributed by atoms with Gasteiger partial charge in [-0.2, -0.15) is 0 Å². The molecule has 2 heterocycles. The van der Waals surface area contributed by atoms with Crippen LogP contribution >= 0.6 is 23.1 Å². The molecular weight excluding hydrogens is 382 g/mol. The maximum absolute atomic E-state index is 13.2. The first-order chi connectivity index (χ1) is 12.5. The first-order valence-corrected chi connectivity index (χ1v) is 9.23. The zero-order valence-electron chi connectivity index (χ0n) is 13.5. The van der Waals surface area contributed by atoms with Crippen molar-refractivity contribution in [3.05, 3.63) is 54.0 Å². The minimum absolute atomic E-state index is 0.194. The Balaban J connectivity index is 1.52. The summed E-state index contributed by atoms with van der Waals surface area (Å²) in [6.07, 6.45) is 1.59. The topological polar surface area (TPSA) is 80.1 Å². The van der Waals surface area contributed by atoms with Crippen molar-refractivity contribution in [3.8, 4) is 0 Å². The lowest BCUT2D eigenvalue weighted by Gasteiger charge is -2.10. The van der Waals surface area contributed by atoms with Gasteiger partial charge in [0.05, 0.1) is 18.1 Å². The van der Waals surface area contributed by atoms with Gasteiger partial charge >= 0.3 is 0 Å². The second-order valence-electron chi connectivity index (χ2n) is 5.18. The van der Waals surface area contributed by atoms with E-state index in [-0.39, 0.29) is 11.6 Å². The molecule has 0 unspecified atom stereocenters. The molecule has 1 aromatic carbocycles. The summed E-state index contributed by atoms with van der Waals surface area (Å²) in [6.45, 7) is 2.18. The van der Waals surface area contributed by atoms with E-state index in [1.807, 2.05) is 6.07 Å². The molecule has 0 aliphatic rings. The third-order valence-corrected chi connectivity index (χ3v) is 5.30. The van der Waals surface area contributed by atoms with Crippen molar-refractivity contribution in [1.82, 2.24) is 10.2 Å². The van der Waals surface area contributed by atoms with E-state index in [1.165, 1.54) is 29.2 Å². The molecule has 3 aromatic rings. The fourth-order valence-electron chi connectivity index (χ4n) is 1.93. The minimum Gasteiger partial charge on any atom is -0.467 e. The van der Waals surface area contributed by atoms with Gasteiger partial charge < -0.3 is 15.1 Å². The number of nitrogens with one attached hydrogen (secondary N) is 2. The first-order valence-electron chi connectivity index (χ1n) is 7.53. The summed E-state index contributed by atoms with van der Waals surface area (Å²) in [4.78, 5) is 12.2. The fraction of sp³-hybridized carbons (Fsp3) is 0.188. The standard InChI is InChI=1S/C16H14F2N4O2S2/c1-9(14(23)20-10-4-5-12(17)13(18)7-10)25-16-22-21-15(26-16)19-8-11-3-2-6-24-11/h2-7,9H,8H2,1H3,(H,19,21)(H,20,23)/t9-/m0/s1. The Morgan fingerprint density at radius 1 is 1.31 bits per heavy atom. The lowest BCUT2D eigenvalue weighted by molar-refractivity contribution is -0.115. The molecule has 0 bridgehead atoms. The molecule has 1 amide bonds. The van der Waals surface area contributed by atoms with E-state index in [0.717, 1.165) is 17.9 Å². The highest BCUT2D eigenvalue weighted by Crippen LogP contribution is 2.29. The Morgan fingerprint density at radius 3 is 2.88 bits per heavy atom. The fourth-order valence-corrected chi connectivity index (χ4v) is 3.82. The number of hydrogen-bond acceptors (Lipinski definition) is 7. The molecule has 0 radical (unpaired) electrons. The summed E-state index contributed by atoms with van der Waals surface area (Å²) >= 11 is 2.53. The molecule has 26 heavy (non-hydrogen) atoms. The van der Waals surface area contributed by atoms with Crippen LogP contribution in [0.3, 0.4) is 0 Å². The minimum atomic E-state index is -1.01. The largest absolute Gasteiger partial charge is 0.467 e. The first kappa shape index (κ1) is 18.3. The maximum atomic E-state index is 13.2. The van der Waals surface area contributed by atoms with Gasteiger partial charge in [-0.05, 0) is 31.2 Å². The summed E-state index contributed by atoms with van der Waals surface area (Å²) in [5.41, 5.74) is 0.194. The van der Waals surface area contributed by atoms with Crippen molar-refractivity contribution < 1.29 is 18.0 Å². The smallest absolute Gasteiger partial charge is 0.237 e. The zero-order valence-corrected chi connectivity index (χ0v) is 15.2. The average molecular weight is 396 g/mol. The zero-order chi connectivity index (χ0) is 18.5. The maximum Gasteiger partial charge on any atom is 0.237 e. The highest BCUT2D eigenvalue weighted by Gasteiger charge is 2.18. The van der Waals surface area contributed by atoms with Crippen molar-refractivity contribution in [2.24, 2.45) is 0 Å². The van der Waals surface area contributed by atoms with Crippen molar-refractivity contribution in [1.29, 1.82) is 0 Å². The van der Waals surface area contributed by atoms with E-state index in [1.54, 1.807) is 19.3 Å². The monoisotopic (exact) mass is 396 g/mol. The second-order valence-corrected chi connectivity index (χ2v) is 7.75. The molecule has 2 aromatic heterocycles. The number of anilines is 2. The molecule has 0 saturated carbocycles. The van der Waals surface area contributed by atoms with Crippen molar-refractivity contribution >= 4 is 39.8 Å². The van der Waals surface area contributed by atoms with Gasteiger partial charge in [-0.3, -0.25) is 4.79 Å². The molecule has 10 heteroatoms. The van der Waals surface area contributed by atoms with Gasteiger partial charge in [-0.25, -0.2) is 8.78 Å². The summed E-state index contributed by atoms with van der Waals surface area (Å²) in [5, 5.41) is 13.8. The molecule has 0 fully saturated rings. The van der Waals surface area contributed by atoms with Crippen molar-refractivity contribution in [3.63, 3.8) is 0 Å². The molecular formula is C16H14F2N4O2S2. The number of benzene rings is 1. The Labute approximate surface area is 156 Å². The second kappa shape index (κ2) is 8.28. The van der Waals surface area contributed by atoms with E-state index in [2.05, 4.69) is 20.8 Å². The number of thioether (sulfide) groups is 1. The lowest BCUT2D eigenvalue weighted by Crippen LogP contribution is -2.22. The Hall–Kier alpha value is -2.46. The number of amides is 1. The molecule has 136 valence electrons. The number of furan rings is 1. The van der Waals surface area contributed by atoms with Crippen LogP contribution in [0.2, 0.25) is 0 Å². The lowest BCUT2D eigenvalue weighted by atomic mass is 10.3. The highest BCUT2D eigenvalue weighted by atomic mass is 32.2. The molecule has 2 N–H and O–H groups in total. The molecule has 3 rings (SSSR count). The van der Waals surface area contributed by atoms with Gasteiger partial charge in [0.25, 0.3) is 0 Å². The van der Waals surface area contributed by atoms with Gasteiger partial charge in [0.2, 0.25) is 11.0 Å². The average Bonchev–Trinajstić information content (AvgIpc) is 3.28. The van der Waals surface area contributed by atoms with Crippen LogP contribution in [0.1, 0.15) is 12.7 Å². The van der Waals surface area contributed by atoms with E-state index >= 15 is 0 Å². The van der Waals surface area contributed by atoms with E-state index in [0.29, 0.717) is 16.0 Å².